The van der Waals surface area contributed by atoms with Gasteiger partial charge in [-0.25, -0.2) is 9.99 Å². The Balaban J connectivity index is 1.95. The third kappa shape index (κ3) is 3.65. The number of hydrogen-bond acceptors (Lipinski definition) is 5. The zero-order chi connectivity index (χ0) is 13.7. The van der Waals surface area contributed by atoms with E-state index in [1.54, 1.807) is 7.11 Å². The molecule has 106 valence electrons. The molecular weight excluding hydrogens is 240 g/mol. The van der Waals surface area contributed by atoms with Crippen molar-refractivity contribution in [2.75, 3.05) is 32.7 Å². The van der Waals surface area contributed by atoms with Crippen LogP contribution in [0.5, 0.6) is 0 Å². The van der Waals surface area contributed by atoms with Crippen LogP contribution >= 0.6 is 0 Å². The second-order valence-corrected chi connectivity index (χ2v) is 5.04. The van der Waals surface area contributed by atoms with Crippen LogP contribution in [0.1, 0.15) is 31.4 Å². The Morgan fingerprint density at radius 1 is 1.53 bits per heavy atom. The highest BCUT2D eigenvalue weighted by Crippen LogP contribution is 2.19. The third-order valence-corrected chi connectivity index (χ3v) is 3.71. The molecule has 5 heteroatoms. The maximum Gasteiger partial charge on any atom is 0.140 e. The zero-order valence-corrected chi connectivity index (χ0v) is 12.0. The molecule has 1 aromatic heterocycles. The number of methoxy groups -OCH3 is 1. The van der Waals surface area contributed by atoms with E-state index < -0.39 is 0 Å². The van der Waals surface area contributed by atoms with E-state index in [-0.39, 0.29) is 0 Å². The predicted molar refractivity (Wildman–Crippen MR) is 76.9 cm³/mol. The van der Waals surface area contributed by atoms with Crippen molar-refractivity contribution in [3.8, 4) is 0 Å². The van der Waals surface area contributed by atoms with E-state index in [0.717, 1.165) is 19.0 Å². The number of anilines is 1. The average molecular weight is 264 g/mol. The maximum atomic E-state index is 5.25. The first-order chi connectivity index (χ1) is 9.24. The summed E-state index contributed by atoms with van der Waals surface area (Å²) in [4.78, 5) is 4.47. The molecule has 0 aromatic carbocycles. The Morgan fingerprint density at radius 2 is 2.37 bits per heavy atom. The van der Waals surface area contributed by atoms with Crippen LogP contribution in [0.4, 0.5) is 5.82 Å². The van der Waals surface area contributed by atoms with Gasteiger partial charge in [0, 0.05) is 25.9 Å². The van der Waals surface area contributed by atoms with Gasteiger partial charge in [-0.15, -0.1) is 0 Å². The molecule has 2 atom stereocenters. The van der Waals surface area contributed by atoms with Crippen molar-refractivity contribution in [3.63, 3.8) is 0 Å². The quantitative estimate of drug-likeness (QED) is 0.820. The Kier molecular flexibility index (Phi) is 5.13. The van der Waals surface area contributed by atoms with Crippen molar-refractivity contribution in [3.05, 3.63) is 23.9 Å². The zero-order valence-electron chi connectivity index (χ0n) is 12.0. The van der Waals surface area contributed by atoms with Crippen LogP contribution in [0.3, 0.4) is 0 Å². The fourth-order valence-corrected chi connectivity index (χ4v) is 2.39. The fraction of sp³-hybridized carbons (Fsp3) is 0.643. The summed E-state index contributed by atoms with van der Waals surface area (Å²) in [5, 5.41) is 5.44. The highest BCUT2D eigenvalue weighted by atomic mass is 16.5. The minimum atomic E-state index is 0.328. The van der Waals surface area contributed by atoms with Crippen molar-refractivity contribution >= 4 is 5.82 Å². The fourth-order valence-electron chi connectivity index (χ4n) is 2.39. The number of nitrogens with zero attached hydrogens (tertiary/aromatic N) is 2. The standard InChI is InChI=1S/C14H24N4O/c1-11(15-2)12-6-7-14(16-9-12)17-18-8-4-5-13(18)10-19-3/h6-7,9,11,13,15H,4-5,8,10H2,1-3H3,(H,16,17)/t11?,13-/m1/s1. The Morgan fingerprint density at radius 3 is 3.00 bits per heavy atom. The highest BCUT2D eigenvalue weighted by molar-refractivity contribution is 5.35. The summed E-state index contributed by atoms with van der Waals surface area (Å²) in [6.45, 7) is 3.94. The average Bonchev–Trinajstić information content (AvgIpc) is 2.86. The first-order valence-electron chi connectivity index (χ1n) is 6.90. The molecule has 1 aromatic rings. The van der Waals surface area contributed by atoms with Gasteiger partial charge in [0.1, 0.15) is 5.82 Å². The first kappa shape index (κ1) is 14.2. The Labute approximate surface area is 115 Å². The molecule has 1 aliphatic rings. The van der Waals surface area contributed by atoms with Crippen LogP contribution < -0.4 is 10.7 Å². The first-order valence-corrected chi connectivity index (χ1v) is 6.90. The molecule has 2 rings (SSSR count). The van der Waals surface area contributed by atoms with Crippen molar-refractivity contribution in [2.24, 2.45) is 0 Å². The van der Waals surface area contributed by atoms with Gasteiger partial charge in [-0.1, -0.05) is 6.07 Å². The molecule has 0 saturated carbocycles. The van der Waals surface area contributed by atoms with Crippen molar-refractivity contribution < 1.29 is 4.74 Å². The van der Waals surface area contributed by atoms with Gasteiger partial charge in [0.05, 0.1) is 12.6 Å². The van der Waals surface area contributed by atoms with E-state index in [0.29, 0.717) is 12.1 Å². The topological polar surface area (TPSA) is 49.4 Å². The molecule has 1 aliphatic heterocycles. The van der Waals surface area contributed by atoms with Crippen LogP contribution in [0.2, 0.25) is 0 Å². The molecule has 1 saturated heterocycles. The van der Waals surface area contributed by atoms with Crippen LogP contribution in [-0.4, -0.2) is 43.3 Å². The number of hydrazine groups is 1. The summed E-state index contributed by atoms with van der Waals surface area (Å²) < 4.78 is 5.25. The molecule has 2 N–H and O–H groups in total. The van der Waals surface area contributed by atoms with E-state index in [9.17, 15) is 0 Å². The van der Waals surface area contributed by atoms with E-state index in [4.69, 9.17) is 4.74 Å². The number of aromatic nitrogens is 1. The summed E-state index contributed by atoms with van der Waals surface area (Å²) in [7, 11) is 3.71. The van der Waals surface area contributed by atoms with Gasteiger partial charge in [-0.05, 0) is 38.4 Å². The number of pyridine rings is 1. The lowest BCUT2D eigenvalue weighted by molar-refractivity contribution is 0.128. The Bertz CT molecular complexity index is 382. The van der Waals surface area contributed by atoms with Crippen LogP contribution in [0.25, 0.3) is 0 Å². The molecule has 2 heterocycles. The summed E-state index contributed by atoms with van der Waals surface area (Å²) in [5.41, 5.74) is 4.58. The molecule has 19 heavy (non-hydrogen) atoms. The molecular formula is C14H24N4O. The summed E-state index contributed by atoms with van der Waals surface area (Å²) in [6.07, 6.45) is 4.30. The highest BCUT2D eigenvalue weighted by Gasteiger charge is 2.24. The van der Waals surface area contributed by atoms with Gasteiger partial charge in [-0.2, -0.15) is 0 Å². The van der Waals surface area contributed by atoms with Gasteiger partial charge < -0.3 is 15.5 Å². The molecule has 0 radical (unpaired) electrons. The predicted octanol–water partition coefficient (Wildman–Crippen LogP) is 1.80. The lowest BCUT2D eigenvalue weighted by Gasteiger charge is -2.25. The molecule has 0 spiro atoms. The van der Waals surface area contributed by atoms with E-state index in [1.807, 2.05) is 19.3 Å². The summed E-state index contributed by atoms with van der Waals surface area (Å²) in [6, 6.07) is 4.92. The van der Waals surface area contributed by atoms with Gasteiger partial charge >= 0.3 is 0 Å². The maximum absolute atomic E-state index is 5.25. The van der Waals surface area contributed by atoms with E-state index in [2.05, 4.69) is 33.7 Å². The third-order valence-electron chi connectivity index (χ3n) is 3.71. The van der Waals surface area contributed by atoms with E-state index in [1.165, 1.54) is 18.4 Å². The number of ether oxygens (including phenoxy) is 1. The molecule has 0 aliphatic carbocycles. The number of nitrogens with one attached hydrogen (secondary N) is 2. The minimum Gasteiger partial charge on any atom is -0.383 e. The van der Waals surface area contributed by atoms with Gasteiger partial charge in [0.15, 0.2) is 0 Å². The Hall–Kier alpha value is -1.17. The van der Waals surface area contributed by atoms with Gasteiger partial charge in [0.25, 0.3) is 0 Å². The molecule has 0 amide bonds. The molecule has 5 nitrogen and oxygen atoms in total. The SMILES string of the molecule is CNC(C)c1ccc(NN2CCC[C@@H]2COC)nc1. The van der Waals surface area contributed by atoms with Crippen LogP contribution in [-0.2, 0) is 4.74 Å². The molecule has 1 fully saturated rings. The van der Waals surface area contributed by atoms with E-state index >= 15 is 0 Å². The molecule has 0 bridgehead atoms. The molecule has 1 unspecified atom stereocenters. The summed E-state index contributed by atoms with van der Waals surface area (Å²) in [5.74, 6) is 0.898. The number of rotatable bonds is 6. The number of hydrogen-bond donors (Lipinski definition) is 2. The van der Waals surface area contributed by atoms with Crippen molar-refractivity contribution in [2.45, 2.75) is 31.8 Å². The smallest absolute Gasteiger partial charge is 0.140 e. The largest absolute Gasteiger partial charge is 0.383 e. The van der Waals surface area contributed by atoms with Crippen molar-refractivity contribution in [1.82, 2.24) is 15.3 Å². The second kappa shape index (κ2) is 6.84. The van der Waals surface area contributed by atoms with Crippen LogP contribution in [0, 0.1) is 0 Å². The summed E-state index contributed by atoms with van der Waals surface area (Å²) >= 11 is 0. The second-order valence-electron chi connectivity index (χ2n) is 5.04. The van der Waals surface area contributed by atoms with Crippen LogP contribution in [0.15, 0.2) is 18.3 Å². The monoisotopic (exact) mass is 264 g/mol. The minimum absolute atomic E-state index is 0.328. The lowest BCUT2D eigenvalue weighted by Crippen LogP contribution is -2.37. The van der Waals surface area contributed by atoms with Gasteiger partial charge in [0.2, 0.25) is 0 Å². The lowest BCUT2D eigenvalue weighted by atomic mass is 10.1. The van der Waals surface area contributed by atoms with Crippen molar-refractivity contribution in [1.29, 1.82) is 0 Å². The normalized spacial score (nSPS) is 21.5. The van der Waals surface area contributed by atoms with Gasteiger partial charge in [-0.3, -0.25) is 0 Å².